The molecule has 0 unspecified atom stereocenters. The molecule has 19 heavy (non-hydrogen) atoms. The van der Waals surface area contributed by atoms with Crippen LogP contribution in [-0.4, -0.2) is 11.5 Å². The normalized spacial score (nSPS) is 10.9. The largest absolute Gasteiger partial charge is 0.490 e. The van der Waals surface area contributed by atoms with Gasteiger partial charge in [-0.3, -0.25) is 10.1 Å². The maximum atomic E-state index is 13.6. The second kappa shape index (κ2) is 5.65. The Morgan fingerprint density at radius 1 is 1.53 bits per heavy atom. The third-order valence-corrected chi connectivity index (χ3v) is 2.73. The quantitative estimate of drug-likeness (QED) is 0.604. The van der Waals surface area contributed by atoms with Crippen molar-refractivity contribution < 1.29 is 14.1 Å². The summed E-state index contributed by atoms with van der Waals surface area (Å²) >= 11 is 0. The van der Waals surface area contributed by atoms with Crippen molar-refractivity contribution in [3.05, 3.63) is 33.6 Å². The van der Waals surface area contributed by atoms with Gasteiger partial charge in [0.05, 0.1) is 29.1 Å². The molecule has 0 heterocycles. The molecule has 5 nitrogen and oxygen atoms in total. The van der Waals surface area contributed by atoms with E-state index in [1.54, 1.807) is 13.8 Å². The Morgan fingerprint density at radius 3 is 2.68 bits per heavy atom. The Hall–Kier alpha value is -2.16. The number of halogens is 1. The van der Waals surface area contributed by atoms with Crippen LogP contribution in [0.15, 0.2) is 12.1 Å². The molecule has 1 aromatic rings. The third-order valence-electron chi connectivity index (χ3n) is 2.73. The SMILES string of the molecule is Cc1cc(OCCC(C)(C)C#N)c(F)cc1[N+](=O)[O-]. The molecule has 6 heteroatoms. The molecule has 0 bridgehead atoms. The number of benzene rings is 1. The van der Waals surface area contributed by atoms with Gasteiger partial charge in [0.1, 0.15) is 0 Å². The Balaban J connectivity index is 2.79. The zero-order valence-electron chi connectivity index (χ0n) is 11.1. The number of nitro groups is 1. The molecule has 0 aliphatic rings. The summed E-state index contributed by atoms with van der Waals surface area (Å²) in [7, 11) is 0. The van der Waals surface area contributed by atoms with Crippen LogP contribution < -0.4 is 4.74 Å². The first kappa shape index (κ1) is 14.9. The van der Waals surface area contributed by atoms with Crippen LogP contribution in [0.2, 0.25) is 0 Å². The van der Waals surface area contributed by atoms with E-state index in [1.807, 2.05) is 0 Å². The minimum absolute atomic E-state index is 0.0307. The molecule has 0 saturated carbocycles. The molecule has 0 amide bonds. The second-order valence-corrected chi connectivity index (χ2v) is 4.92. The summed E-state index contributed by atoms with van der Waals surface area (Å²) in [6.45, 7) is 5.21. The maximum Gasteiger partial charge on any atom is 0.275 e. The van der Waals surface area contributed by atoms with Gasteiger partial charge in [-0.25, -0.2) is 4.39 Å². The van der Waals surface area contributed by atoms with E-state index in [0.29, 0.717) is 12.0 Å². The average molecular weight is 266 g/mol. The monoisotopic (exact) mass is 266 g/mol. The standard InChI is InChI=1S/C13H15FN2O3/c1-9-6-12(10(14)7-11(9)16(17)18)19-5-4-13(2,3)8-15/h6-7H,4-5H2,1-3H3. The fourth-order valence-electron chi connectivity index (χ4n) is 1.42. The summed E-state index contributed by atoms with van der Waals surface area (Å²) in [6.07, 6.45) is 0.443. The minimum atomic E-state index is -0.771. The number of hydrogen-bond acceptors (Lipinski definition) is 4. The number of aryl methyl sites for hydroxylation is 1. The molecule has 0 saturated heterocycles. The zero-order chi connectivity index (χ0) is 14.6. The summed E-state index contributed by atoms with van der Waals surface area (Å²) in [5.41, 5.74) is -0.491. The molecule has 0 spiro atoms. The lowest BCUT2D eigenvalue weighted by Crippen LogP contribution is -2.13. The molecular weight excluding hydrogens is 251 g/mol. The van der Waals surface area contributed by atoms with Gasteiger partial charge in [-0.05, 0) is 33.3 Å². The molecule has 1 rings (SSSR count). The molecule has 0 aromatic heterocycles. The van der Waals surface area contributed by atoms with Crippen molar-refractivity contribution in [2.24, 2.45) is 5.41 Å². The first-order valence-corrected chi connectivity index (χ1v) is 5.75. The summed E-state index contributed by atoms with van der Waals surface area (Å²) in [5.74, 6) is -0.802. The Morgan fingerprint density at radius 2 is 2.16 bits per heavy atom. The van der Waals surface area contributed by atoms with Gasteiger partial charge < -0.3 is 4.74 Å². The number of hydrogen-bond donors (Lipinski definition) is 0. The second-order valence-electron chi connectivity index (χ2n) is 4.92. The van der Waals surface area contributed by atoms with Crippen LogP contribution in [0.5, 0.6) is 5.75 Å². The van der Waals surface area contributed by atoms with Gasteiger partial charge in [-0.1, -0.05) is 0 Å². The fraction of sp³-hybridized carbons (Fsp3) is 0.462. The topological polar surface area (TPSA) is 76.2 Å². The smallest absolute Gasteiger partial charge is 0.275 e. The molecule has 0 fully saturated rings. The molecule has 0 aliphatic heterocycles. The highest BCUT2D eigenvalue weighted by atomic mass is 19.1. The summed E-state index contributed by atoms with van der Waals surface area (Å²) in [6, 6.07) is 4.26. The zero-order valence-corrected chi connectivity index (χ0v) is 11.1. The molecular formula is C13H15FN2O3. The van der Waals surface area contributed by atoms with E-state index in [4.69, 9.17) is 10.00 Å². The van der Waals surface area contributed by atoms with Gasteiger partial charge in [-0.2, -0.15) is 5.26 Å². The van der Waals surface area contributed by atoms with E-state index in [2.05, 4.69) is 6.07 Å². The summed E-state index contributed by atoms with van der Waals surface area (Å²) in [4.78, 5) is 9.99. The Bertz CT molecular complexity index is 535. The highest BCUT2D eigenvalue weighted by molar-refractivity contribution is 5.45. The van der Waals surface area contributed by atoms with Crippen molar-refractivity contribution in [3.8, 4) is 11.8 Å². The summed E-state index contributed by atoms with van der Waals surface area (Å²) in [5, 5.41) is 19.5. The van der Waals surface area contributed by atoms with Crippen LogP contribution in [0.1, 0.15) is 25.8 Å². The van der Waals surface area contributed by atoms with E-state index in [1.165, 1.54) is 13.0 Å². The van der Waals surface area contributed by atoms with Crippen molar-refractivity contribution >= 4 is 5.69 Å². The van der Waals surface area contributed by atoms with E-state index in [-0.39, 0.29) is 18.0 Å². The van der Waals surface area contributed by atoms with Crippen LogP contribution in [-0.2, 0) is 0 Å². The van der Waals surface area contributed by atoms with Gasteiger partial charge in [0.15, 0.2) is 11.6 Å². The lowest BCUT2D eigenvalue weighted by molar-refractivity contribution is -0.385. The predicted octanol–water partition coefficient (Wildman–Crippen LogP) is 3.36. The van der Waals surface area contributed by atoms with E-state index < -0.39 is 16.2 Å². The lowest BCUT2D eigenvalue weighted by atomic mass is 9.92. The molecule has 102 valence electrons. The van der Waals surface area contributed by atoms with Gasteiger partial charge in [-0.15, -0.1) is 0 Å². The Labute approximate surface area is 110 Å². The van der Waals surface area contributed by atoms with E-state index in [9.17, 15) is 14.5 Å². The molecule has 0 radical (unpaired) electrons. The van der Waals surface area contributed by atoms with Crippen molar-refractivity contribution in [1.82, 2.24) is 0 Å². The fourth-order valence-corrected chi connectivity index (χ4v) is 1.42. The lowest BCUT2D eigenvalue weighted by Gasteiger charge is -2.15. The maximum absolute atomic E-state index is 13.6. The van der Waals surface area contributed by atoms with Crippen molar-refractivity contribution in [3.63, 3.8) is 0 Å². The first-order chi connectivity index (χ1) is 8.76. The molecule has 0 atom stereocenters. The van der Waals surface area contributed by atoms with Crippen molar-refractivity contribution in [1.29, 1.82) is 5.26 Å². The van der Waals surface area contributed by atoms with Crippen LogP contribution in [0.4, 0.5) is 10.1 Å². The average Bonchev–Trinajstić information content (AvgIpc) is 2.32. The highest BCUT2D eigenvalue weighted by Gasteiger charge is 2.19. The van der Waals surface area contributed by atoms with E-state index in [0.717, 1.165) is 6.07 Å². The number of rotatable bonds is 5. The molecule has 0 N–H and O–H groups in total. The predicted molar refractivity (Wildman–Crippen MR) is 67.3 cm³/mol. The number of nitrogens with zero attached hydrogens (tertiary/aromatic N) is 2. The van der Waals surface area contributed by atoms with Crippen molar-refractivity contribution in [2.45, 2.75) is 27.2 Å². The summed E-state index contributed by atoms with van der Waals surface area (Å²) < 4.78 is 18.8. The van der Waals surface area contributed by atoms with Gasteiger partial charge in [0.2, 0.25) is 0 Å². The first-order valence-electron chi connectivity index (χ1n) is 5.75. The number of ether oxygens (including phenoxy) is 1. The molecule has 0 aliphatic carbocycles. The number of nitro benzene ring substituents is 1. The highest BCUT2D eigenvalue weighted by Crippen LogP contribution is 2.28. The van der Waals surface area contributed by atoms with Crippen LogP contribution in [0.25, 0.3) is 0 Å². The number of nitriles is 1. The van der Waals surface area contributed by atoms with Gasteiger partial charge in [0.25, 0.3) is 5.69 Å². The minimum Gasteiger partial charge on any atom is -0.490 e. The third kappa shape index (κ3) is 3.91. The van der Waals surface area contributed by atoms with Crippen LogP contribution in [0.3, 0.4) is 0 Å². The Kier molecular flexibility index (Phi) is 4.43. The molecule has 1 aromatic carbocycles. The van der Waals surface area contributed by atoms with Gasteiger partial charge >= 0.3 is 0 Å². The van der Waals surface area contributed by atoms with Crippen LogP contribution in [0, 0.1) is 39.6 Å². The van der Waals surface area contributed by atoms with Gasteiger partial charge in [0, 0.05) is 5.56 Å². The van der Waals surface area contributed by atoms with Crippen LogP contribution >= 0.6 is 0 Å². The van der Waals surface area contributed by atoms with Crippen molar-refractivity contribution in [2.75, 3.05) is 6.61 Å². The van der Waals surface area contributed by atoms with E-state index >= 15 is 0 Å².